The van der Waals surface area contributed by atoms with Crippen LogP contribution in [-0.2, 0) is 10.3 Å². The van der Waals surface area contributed by atoms with Gasteiger partial charge in [-0.3, -0.25) is 4.79 Å². The maximum Gasteiger partial charge on any atom is 0.254 e. The Labute approximate surface area is 212 Å². The summed E-state index contributed by atoms with van der Waals surface area (Å²) >= 11 is 0. The van der Waals surface area contributed by atoms with Crippen molar-refractivity contribution in [3.8, 4) is 11.5 Å². The summed E-state index contributed by atoms with van der Waals surface area (Å²) in [4.78, 5) is 19.1. The van der Waals surface area contributed by atoms with E-state index >= 15 is 0 Å². The van der Waals surface area contributed by atoms with Crippen LogP contribution in [0.15, 0.2) is 72.9 Å². The SMILES string of the molecule is COCCCCC(O)(c1ccccc1Oc1ccccc1)C1CCCN(C(=O)c2ccnc(N)c2)C1. The van der Waals surface area contributed by atoms with Gasteiger partial charge in [-0.05, 0) is 62.4 Å². The highest BCUT2D eigenvalue weighted by atomic mass is 16.5. The van der Waals surface area contributed by atoms with Crippen molar-refractivity contribution in [3.63, 3.8) is 0 Å². The van der Waals surface area contributed by atoms with Gasteiger partial charge in [0.05, 0.1) is 5.60 Å². The average molecular weight is 490 g/mol. The van der Waals surface area contributed by atoms with E-state index in [1.54, 1.807) is 25.4 Å². The van der Waals surface area contributed by atoms with Crippen LogP contribution in [0.1, 0.15) is 48.0 Å². The van der Waals surface area contributed by atoms with Gasteiger partial charge in [0.2, 0.25) is 0 Å². The molecule has 3 N–H and O–H groups in total. The summed E-state index contributed by atoms with van der Waals surface area (Å²) in [5.41, 5.74) is 5.90. The molecular weight excluding hydrogens is 454 g/mol. The summed E-state index contributed by atoms with van der Waals surface area (Å²) in [6.07, 6.45) is 5.33. The van der Waals surface area contributed by atoms with E-state index in [2.05, 4.69) is 4.98 Å². The molecule has 1 aliphatic rings. The summed E-state index contributed by atoms with van der Waals surface area (Å²) < 4.78 is 11.5. The fourth-order valence-electron chi connectivity index (χ4n) is 5.04. The van der Waals surface area contributed by atoms with Crippen LogP contribution in [0, 0.1) is 5.92 Å². The molecule has 2 atom stereocenters. The van der Waals surface area contributed by atoms with Gasteiger partial charge in [-0.2, -0.15) is 0 Å². The predicted molar refractivity (Wildman–Crippen MR) is 140 cm³/mol. The van der Waals surface area contributed by atoms with Crippen molar-refractivity contribution in [3.05, 3.63) is 84.1 Å². The number of piperidine rings is 1. The molecule has 0 spiro atoms. The molecule has 36 heavy (non-hydrogen) atoms. The molecule has 3 aromatic rings. The summed E-state index contributed by atoms with van der Waals surface area (Å²) in [6.45, 7) is 1.72. The molecule has 7 nitrogen and oxygen atoms in total. The van der Waals surface area contributed by atoms with E-state index < -0.39 is 5.60 Å². The number of rotatable bonds is 10. The minimum atomic E-state index is -1.17. The molecule has 1 amide bonds. The summed E-state index contributed by atoms with van der Waals surface area (Å²) in [7, 11) is 1.69. The van der Waals surface area contributed by atoms with E-state index in [-0.39, 0.29) is 11.8 Å². The Morgan fingerprint density at radius 1 is 1.14 bits per heavy atom. The van der Waals surface area contributed by atoms with Gasteiger partial charge >= 0.3 is 0 Å². The first-order chi connectivity index (χ1) is 17.5. The number of carbonyl (C=O) groups excluding carboxylic acids is 1. The van der Waals surface area contributed by atoms with Crippen molar-refractivity contribution < 1.29 is 19.4 Å². The van der Waals surface area contributed by atoms with Crippen LogP contribution in [-0.4, -0.2) is 47.7 Å². The van der Waals surface area contributed by atoms with Gasteiger partial charge in [-0.25, -0.2) is 4.98 Å². The summed E-state index contributed by atoms with van der Waals surface area (Å²) in [5, 5.41) is 12.4. The first-order valence-electron chi connectivity index (χ1n) is 12.6. The molecule has 0 aliphatic carbocycles. The number of amides is 1. The number of unbranched alkanes of at least 4 members (excludes halogenated alkanes) is 1. The predicted octanol–water partition coefficient (Wildman–Crippen LogP) is 5.01. The van der Waals surface area contributed by atoms with Crippen molar-refractivity contribution in [1.29, 1.82) is 0 Å². The standard InChI is InChI=1S/C29H35N3O4/c1-35-19-8-7-16-29(34,25-13-5-6-14-26(25)36-24-11-3-2-4-12-24)23-10-9-18-32(21-23)28(33)22-15-17-31-27(30)20-22/h2-6,11-15,17,20,23,34H,7-10,16,18-19,21H2,1H3,(H2,30,31). The molecule has 4 rings (SSSR count). The van der Waals surface area contributed by atoms with Crippen LogP contribution in [0.3, 0.4) is 0 Å². The maximum absolute atomic E-state index is 13.3. The first-order valence-corrected chi connectivity index (χ1v) is 12.6. The Morgan fingerprint density at radius 2 is 1.92 bits per heavy atom. The Kier molecular flexibility index (Phi) is 8.57. The minimum Gasteiger partial charge on any atom is -0.457 e. The average Bonchev–Trinajstić information content (AvgIpc) is 2.91. The van der Waals surface area contributed by atoms with E-state index in [1.807, 2.05) is 59.5 Å². The van der Waals surface area contributed by atoms with Gasteiger partial charge in [0.1, 0.15) is 17.3 Å². The third kappa shape index (κ3) is 6.04. The van der Waals surface area contributed by atoms with E-state index in [0.717, 1.165) is 31.2 Å². The largest absolute Gasteiger partial charge is 0.457 e. The third-order valence-corrected chi connectivity index (χ3v) is 6.89. The number of hydrogen-bond donors (Lipinski definition) is 2. The van der Waals surface area contributed by atoms with Gasteiger partial charge in [-0.1, -0.05) is 36.4 Å². The number of para-hydroxylation sites is 2. The normalized spacial score (nSPS) is 17.4. The molecule has 2 unspecified atom stereocenters. The molecule has 7 heteroatoms. The van der Waals surface area contributed by atoms with Gasteiger partial charge in [-0.15, -0.1) is 0 Å². The lowest BCUT2D eigenvalue weighted by atomic mass is 9.73. The summed E-state index contributed by atoms with van der Waals surface area (Å²) in [5.74, 6) is 1.41. The number of nitrogen functional groups attached to an aromatic ring is 1. The van der Waals surface area contributed by atoms with Gasteiger partial charge in [0, 0.05) is 50.0 Å². The molecular formula is C29H35N3O4. The number of aliphatic hydroxyl groups is 1. The molecule has 1 fully saturated rings. The molecule has 0 bridgehead atoms. The second-order valence-corrected chi connectivity index (χ2v) is 9.35. The topological polar surface area (TPSA) is 97.9 Å². The molecule has 2 aromatic carbocycles. The highest BCUT2D eigenvalue weighted by Crippen LogP contribution is 2.44. The molecule has 1 aromatic heterocycles. The Morgan fingerprint density at radius 3 is 2.69 bits per heavy atom. The zero-order valence-corrected chi connectivity index (χ0v) is 20.8. The van der Waals surface area contributed by atoms with E-state index in [4.69, 9.17) is 15.2 Å². The number of benzene rings is 2. The Bertz CT molecular complexity index is 1140. The van der Waals surface area contributed by atoms with E-state index in [1.165, 1.54) is 0 Å². The lowest BCUT2D eigenvalue weighted by molar-refractivity contribution is -0.0589. The number of nitrogens with zero attached hydrogens (tertiary/aromatic N) is 2. The Hall–Kier alpha value is -3.42. The van der Waals surface area contributed by atoms with Crippen LogP contribution >= 0.6 is 0 Å². The highest BCUT2D eigenvalue weighted by Gasteiger charge is 2.43. The molecule has 2 heterocycles. The number of nitrogens with two attached hydrogens (primary N) is 1. The second-order valence-electron chi connectivity index (χ2n) is 9.35. The molecule has 1 saturated heterocycles. The number of pyridine rings is 1. The lowest BCUT2D eigenvalue weighted by Crippen LogP contribution is -2.48. The Balaban J connectivity index is 1.63. The zero-order chi connectivity index (χ0) is 25.4. The number of ether oxygens (including phenoxy) is 2. The number of carbonyl (C=O) groups is 1. The fourth-order valence-corrected chi connectivity index (χ4v) is 5.04. The summed E-state index contributed by atoms with van der Waals surface area (Å²) in [6, 6.07) is 20.6. The maximum atomic E-state index is 13.3. The van der Waals surface area contributed by atoms with Crippen LogP contribution in [0.5, 0.6) is 11.5 Å². The van der Waals surface area contributed by atoms with Crippen molar-refractivity contribution in [2.45, 2.75) is 37.7 Å². The van der Waals surface area contributed by atoms with Crippen molar-refractivity contribution in [2.24, 2.45) is 5.92 Å². The number of likely N-dealkylation sites (tertiary alicyclic amines) is 1. The number of aromatic nitrogens is 1. The van der Waals surface area contributed by atoms with Gasteiger partial charge in [0.25, 0.3) is 5.91 Å². The van der Waals surface area contributed by atoms with Crippen molar-refractivity contribution in [2.75, 3.05) is 32.5 Å². The first kappa shape index (κ1) is 25.7. The number of anilines is 1. The number of hydrogen-bond acceptors (Lipinski definition) is 6. The highest BCUT2D eigenvalue weighted by molar-refractivity contribution is 5.94. The van der Waals surface area contributed by atoms with E-state index in [9.17, 15) is 9.90 Å². The fraction of sp³-hybridized carbons (Fsp3) is 0.379. The molecule has 1 aliphatic heterocycles. The van der Waals surface area contributed by atoms with Gasteiger partial charge in [0.15, 0.2) is 0 Å². The van der Waals surface area contributed by atoms with Crippen molar-refractivity contribution >= 4 is 11.7 Å². The van der Waals surface area contributed by atoms with Crippen LogP contribution in [0.25, 0.3) is 0 Å². The quantitative estimate of drug-likeness (QED) is 0.389. The third-order valence-electron chi connectivity index (χ3n) is 6.89. The molecule has 190 valence electrons. The zero-order valence-electron chi connectivity index (χ0n) is 20.8. The smallest absolute Gasteiger partial charge is 0.254 e. The van der Waals surface area contributed by atoms with Gasteiger partial charge < -0.3 is 25.2 Å². The molecule has 0 saturated carbocycles. The van der Waals surface area contributed by atoms with E-state index in [0.29, 0.717) is 49.0 Å². The van der Waals surface area contributed by atoms with Crippen molar-refractivity contribution in [1.82, 2.24) is 9.88 Å². The minimum absolute atomic E-state index is 0.0932. The number of methoxy groups -OCH3 is 1. The second kappa shape index (κ2) is 12.0. The lowest BCUT2D eigenvalue weighted by Gasteiger charge is -2.43. The molecule has 0 radical (unpaired) electrons. The van der Waals surface area contributed by atoms with Crippen LogP contribution in [0.2, 0.25) is 0 Å². The van der Waals surface area contributed by atoms with Crippen LogP contribution < -0.4 is 10.5 Å². The van der Waals surface area contributed by atoms with Crippen LogP contribution in [0.4, 0.5) is 5.82 Å². The monoisotopic (exact) mass is 489 g/mol.